The lowest BCUT2D eigenvalue weighted by Crippen LogP contribution is -2.45. The van der Waals surface area contributed by atoms with Crippen molar-refractivity contribution in [2.75, 3.05) is 7.05 Å². The number of hydrogen-bond acceptors (Lipinski definition) is 3. The SMILES string of the molecule is CNC1CC(Oc2cc(C(C)C)ccn2)C1. The summed E-state index contributed by atoms with van der Waals surface area (Å²) in [6.07, 6.45) is 4.35. The van der Waals surface area contributed by atoms with Crippen LogP contribution in [0.5, 0.6) is 5.88 Å². The third kappa shape index (κ3) is 2.53. The van der Waals surface area contributed by atoms with Crippen molar-refractivity contribution in [1.82, 2.24) is 10.3 Å². The van der Waals surface area contributed by atoms with Crippen LogP contribution in [0.4, 0.5) is 0 Å². The van der Waals surface area contributed by atoms with E-state index in [4.69, 9.17) is 4.74 Å². The van der Waals surface area contributed by atoms with E-state index in [0.29, 0.717) is 18.1 Å². The van der Waals surface area contributed by atoms with Crippen molar-refractivity contribution in [1.29, 1.82) is 0 Å². The highest BCUT2D eigenvalue weighted by Gasteiger charge is 2.29. The first-order chi connectivity index (χ1) is 7.69. The van der Waals surface area contributed by atoms with Gasteiger partial charge in [-0.1, -0.05) is 13.8 Å². The highest BCUT2D eigenvalue weighted by Crippen LogP contribution is 2.26. The van der Waals surface area contributed by atoms with Crippen molar-refractivity contribution in [3.63, 3.8) is 0 Å². The maximum atomic E-state index is 5.82. The molecule has 0 spiro atoms. The number of aromatic nitrogens is 1. The lowest BCUT2D eigenvalue weighted by atomic mass is 9.89. The molecular formula is C13H20N2O. The molecule has 1 saturated carbocycles. The highest BCUT2D eigenvalue weighted by atomic mass is 16.5. The van der Waals surface area contributed by atoms with Crippen molar-refractivity contribution in [3.8, 4) is 5.88 Å². The second-order valence-corrected chi connectivity index (χ2v) is 4.78. The second kappa shape index (κ2) is 4.83. The molecule has 0 saturated heterocycles. The van der Waals surface area contributed by atoms with E-state index in [1.165, 1.54) is 5.56 Å². The monoisotopic (exact) mass is 220 g/mol. The molecule has 0 aliphatic heterocycles. The predicted octanol–water partition coefficient (Wildman–Crippen LogP) is 2.33. The number of ether oxygens (including phenoxy) is 1. The molecule has 1 fully saturated rings. The van der Waals surface area contributed by atoms with Gasteiger partial charge < -0.3 is 10.1 Å². The lowest BCUT2D eigenvalue weighted by Gasteiger charge is -2.34. The minimum absolute atomic E-state index is 0.340. The van der Waals surface area contributed by atoms with Crippen molar-refractivity contribution < 1.29 is 4.74 Å². The van der Waals surface area contributed by atoms with Crippen LogP contribution in [0.3, 0.4) is 0 Å². The fourth-order valence-corrected chi connectivity index (χ4v) is 1.92. The Kier molecular flexibility index (Phi) is 3.44. The maximum Gasteiger partial charge on any atom is 0.213 e. The van der Waals surface area contributed by atoms with Crippen molar-refractivity contribution in [3.05, 3.63) is 23.9 Å². The molecule has 1 heterocycles. The van der Waals surface area contributed by atoms with Gasteiger partial charge in [0.2, 0.25) is 5.88 Å². The molecule has 1 aliphatic rings. The van der Waals surface area contributed by atoms with Gasteiger partial charge in [-0.15, -0.1) is 0 Å². The third-order valence-corrected chi connectivity index (χ3v) is 3.22. The third-order valence-electron chi connectivity index (χ3n) is 3.22. The average molecular weight is 220 g/mol. The maximum absolute atomic E-state index is 5.82. The molecule has 16 heavy (non-hydrogen) atoms. The zero-order valence-electron chi connectivity index (χ0n) is 10.2. The van der Waals surface area contributed by atoms with E-state index >= 15 is 0 Å². The fraction of sp³-hybridized carbons (Fsp3) is 0.615. The number of rotatable bonds is 4. The van der Waals surface area contributed by atoms with Crippen molar-refractivity contribution >= 4 is 0 Å². The summed E-state index contributed by atoms with van der Waals surface area (Å²) in [5.41, 5.74) is 1.29. The summed E-state index contributed by atoms with van der Waals surface area (Å²) >= 11 is 0. The molecule has 88 valence electrons. The van der Waals surface area contributed by atoms with Crippen LogP contribution in [0.2, 0.25) is 0 Å². The van der Waals surface area contributed by atoms with Crippen LogP contribution in [-0.2, 0) is 0 Å². The Balaban J connectivity index is 1.92. The molecule has 1 aromatic heterocycles. The van der Waals surface area contributed by atoms with Gasteiger partial charge in [0.15, 0.2) is 0 Å². The van der Waals surface area contributed by atoms with E-state index in [2.05, 4.69) is 36.3 Å². The highest BCUT2D eigenvalue weighted by molar-refractivity contribution is 5.23. The Labute approximate surface area is 97.2 Å². The summed E-state index contributed by atoms with van der Waals surface area (Å²) in [6.45, 7) is 4.36. The number of hydrogen-bond donors (Lipinski definition) is 1. The van der Waals surface area contributed by atoms with E-state index in [1.54, 1.807) is 0 Å². The zero-order valence-corrected chi connectivity index (χ0v) is 10.2. The molecule has 0 unspecified atom stereocenters. The molecule has 1 aliphatic carbocycles. The standard InChI is InChI=1S/C13H20N2O/c1-9(2)10-4-5-15-13(6-10)16-12-7-11(8-12)14-3/h4-6,9,11-12,14H,7-8H2,1-3H3. The van der Waals surface area contributed by atoms with Gasteiger partial charge in [-0.2, -0.15) is 0 Å². The predicted molar refractivity (Wildman–Crippen MR) is 64.8 cm³/mol. The normalized spacial score (nSPS) is 24.2. The van der Waals surface area contributed by atoms with Crippen LogP contribution in [-0.4, -0.2) is 24.2 Å². The summed E-state index contributed by atoms with van der Waals surface area (Å²) < 4.78 is 5.82. The summed E-state index contributed by atoms with van der Waals surface area (Å²) in [4.78, 5) is 4.25. The largest absolute Gasteiger partial charge is 0.474 e. The van der Waals surface area contributed by atoms with Gasteiger partial charge >= 0.3 is 0 Å². The lowest BCUT2D eigenvalue weighted by molar-refractivity contribution is 0.0838. The van der Waals surface area contributed by atoms with Crippen LogP contribution in [0, 0.1) is 0 Å². The van der Waals surface area contributed by atoms with E-state index in [0.717, 1.165) is 18.7 Å². The summed E-state index contributed by atoms with van der Waals surface area (Å²) in [7, 11) is 2.00. The quantitative estimate of drug-likeness (QED) is 0.845. The van der Waals surface area contributed by atoms with Gasteiger partial charge in [-0.05, 0) is 37.4 Å². The van der Waals surface area contributed by atoms with Crippen LogP contribution < -0.4 is 10.1 Å². The van der Waals surface area contributed by atoms with Gasteiger partial charge in [0.05, 0.1) is 0 Å². The van der Waals surface area contributed by atoms with E-state index < -0.39 is 0 Å². The Morgan fingerprint density at radius 1 is 1.44 bits per heavy atom. The topological polar surface area (TPSA) is 34.1 Å². The minimum atomic E-state index is 0.340. The van der Waals surface area contributed by atoms with Crippen LogP contribution in [0.25, 0.3) is 0 Å². The second-order valence-electron chi connectivity index (χ2n) is 4.78. The van der Waals surface area contributed by atoms with Gasteiger partial charge in [-0.3, -0.25) is 0 Å². The summed E-state index contributed by atoms with van der Waals surface area (Å²) in [5, 5.41) is 3.25. The average Bonchev–Trinajstić information content (AvgIpc) is 2.23. The smallest absolute Gasteiger partial charge is 0.213 e. The fourth-order valence-electron chi connectivity index (χ4n) is 1.92. The minimum Gasteiger partial charge on any atom is -0.474 e. The van der Waals surface area contributed by atoms with Gasteiger partial charge in [0, 0.05) is 18.3 Å². The summed E-state index contributed by atoms with van der Waals surface area (Å²) in [6, 6.07) is 4.73. The first kappa shape index (κ1) is 11.4. The molecule has 3 nitrogen and oxygen atoms in total. The van der Waals surface area contributed by atoms with Crippen molar-refractivity contribution in [2.45, 2.75) is 44.8 Å². The molecule has 0 radical (unpaired) electrons. The van der Waals surface area contributed by atoms with Crippen molar-refractivity contribution in [2.24, 2.45) is 0 Å². The zero-order chi connectivity index (χ0) is 11.5. The summed E-state index contributed by atoms with van der Waals surface area (Å²) in [5.74, 6) is 1.29. The van der Waals surface area contributed by atoms with E-state index in [-0.39, 0.29) is 0 Å². The van der Waals surface area contributed by atoms with E-state index in [9.17, 15) is 0 Å². The molecule has 0 amide bonds. The van der Waals surface area contributed by atoms with Gasteiger partial charge in [0.25, 0.3) is 0 Å². The first-order valence-electron chi connectivity index (χ1n) is 5.99. The molecule has 0 atom stereocenters. The molecular weight excluding hydrogens is 200 g/mol. The first-order valence-corrected chi connectivity index (χ1v) is 5.99. The molecule has 1 aromatic rings. The Morgan fingerprint density at radius 3 is 2.81 bits per heavy atom. The van der Waals surface area contributed by atoms with Crippen LogP contribution >= 0.6 is 0 Å². The van der Waals surface area contributed by atoms with E-state index in [1.807, 2.05) is 13.2 Å². The van der Waals surface area contributed by atoms with Gasteiger partial charge in [0.1, 0.15) is 6.10 Å². The number of pyridine rings is 1. The molecule has 2 rings (SSSR count). The molecule has 3 heteroatoms. The van der Waals surface area contributed by atoms with Gasteiger partial charge in [-0.25, -0.2) is 4.98 Å². The van der Waals surface area contributed by atoms with Crippen LogP contribution in [0.1, 0.15) is 38.2 Å². The van der Waals surface area contributed by atoms with Crippen LogP contribution in [0.15, 0.2) is 18.3 Å². The Morgan fingerprint density at radius 2 is 2.19 bits per heavy atom. The molecule has 0 aromatic carbocycles. The Bertz CT molecular complexity index is 346. The molecule has 1 N–H and O–H groups in total. The molecule has 0 bridgehead atoms. The number of nitrogens with zero attached hydrogens (tertiary/aromatic N) is 1. The Hall–Kier alpha value is -1.09. The number of nitrogens with one attached hydrogen (secondary N) is 1.